The van der Waals surface area contributed by atoms with E-state index in [0.29, 0.717) is 0 Å². The van der Waals surface area contributed by atoms with Gasteiger partial charge in [-0.2, -0.15) is 12.6 Å². The average Bonchev–Trinajstić information content (AvgIpc) is 2.08. The molecule has 6 heteroatoms. The zero-order valence-corrected chi connectivity index (χ0v) is 7.13. The Bertz CT molecular complexity index is 150. The predicted molar refractivity (Wildman–Crippen MR) is 42.8 cm³/mol. The highest BCUT2D eigenvalue weighted by Gasteiger charge is 2.41. The molecule has 1 aliphatic rings. The summed E-state index contributed by atoms with van der Waals surface area (Å²) in [6, 6.07) is 0. The molecular weight excluding hydrogens is 184 g/mol. The molecule has 0 bridgehead atoms. The largest absolute Gasteiger partial charge is 0.394 e. The first-order valence-electron chi connectivity index (χ1n) is 3.56. The number of hydrogen-bond acceptors (Lipinski definition) is 6. The topological polar surface area (TPSA) is 90.2 Å². The Morgan fingerprint density at radius 2 is 1.75 bits per heavy atom. The zero-order valence-electron chi connectivity index (χ0n) is 6.24. The quantitative estimate of drug-likeness (QED) is 0.305. The molecule has 1 unspecified atom stereocenters. The van der Waals surface area contributed by atoms with Gasteiger partial charge in [0.25, 0.3) is 0 Å². The second-order valence-corrected chi connectivity index (χ2v) is 3.32. The maximum Gasteiger partial charge on any atom is 0.169 e. The van der Waals surface area contributed by atoms with Gasteiger partial charge < -0.3 is 25.2 Å². The minimum Gasteiger partial charge on any atom is -0.394 e. The lowest BCUT2D eigenvalue weighted by molar-refractivity contribution is -0.234. The monoisotopic (exact) mass is 196 g/mol. The van der Waals surface area contributed by atoms with E-state index in [2.05, 4.69) is 12.6 Å². The zero-order chi connectivity index (χ0) is 9.30. The van der Waals surface area contributed by atoms with E-state index in [1.165, 1.54) is 0 Å². The van der Waals surface area contributed by atoms with Crippen molar-refractivity contribution in [3.8, 4) is 0 Å². The molecule has 0 spiro atoms. The Kier molecular flexibility index (Phi) is 3.33. The van der Waals surface area contributed by atoms with Gasteiger partial charge in [0.05, 0.1) is 18.0 Å². The number of thiol groups is 1. The van der Waals surface area contributed by atoms with E-state index in [9.17, 15) is 10.2 Å². The first kappa shape index (κ1) is 10.2. The molecule has 1 fully saturated rings. The molecule has 0 aromatic heterocycles. The highest BCUT2D eigenvalue weighted by molar-refractivity contribution is 7.81. The smallest absolute Gasteiger partial charge is 0.169 e. The average molecular weight is 196 g/mol. The van der Waals surface area contributed by atoms with Crippen LogP contribution >= 0.6 is 12.6 Å². The van der Waals surface area contributed by atoms with E-state index in [1.54, 1.807) is 0 Å². The fourth-order valence-electron chi connectivity index (χ4n) is 1.08. The number of hydrogen-bond donors (Lipinski definition) is 5. The number of aliphatic hydroxyl groups is 4. The van der Waals surface area contributed by atoms with Crippen LogP contribution in [0.1, 0.15) is 0 Å². The summed E-state index contributed by atoms with van der Waals surface area (Å²) in [5, 5.41) is 35.4. The third-order valence-corrected chi connectivity index (χ3v) is 2.43. The summed E-state index contributed by atoms with van der Waals surface area (Å²) in [5.74, 6) is 0. The molecule has 0 saturated carbocycles. The molecule has 4 N–H and O–H groups in total. The van der Waals surface area contributed by atoms with Crippen molar-refractivity contribution in [2.75, 3.05) is 6.61 Å². The van der Waals surface area contributed by atoms with Crippen molar-refractivity contribution in [3.05, 3.63) is 0 Å². The van der Waals surface area contributed by atoms with Crippen molar-refractivity contribution in [1.29, 1.82) is 0 Å². The van der Waals surface area contributed by atoms with Crippen molar-refractivity contribution < 1.29 is 25.2 Å². The van der Waals surface area contributed by atoms with Crippen LogP contribution in [0, 0.1) is 0 Å². The fourth-order valence-corrected chi connectivity index (χ4v) is 1.33. The minimum atomic E-state index is -1.26. The van der Waals surface area contributed by atoms with Gasteiger partial charge in [0.15, 0.2) is 6.29 Å². The van der Waals surface area contributed by atoms with E-state index in [0.717, 1.165) is 0 Å². The summed E-state index contributed by atoms with van der Waals surface area (Å²) in [6.07, 6.45) is -4.60. The highest BCUT2D eigenvalue weighted by atomic mass is 32.1. The van der Waals surface area contributed by atoms with Crippen molar-refractivity contribution in [2.24, 2.45) is 0 Å². The normalized spacial score (nSPS) is 49.2. The van der Waals surface area contributed by atoms with Gasteiger partial charge in [-0.1, -0.05) is 0 Å². The molecule has 0 aromatic carbocycles. The molecule has 0 amide bonds. The van der Waals surface area contributed by atoms with E-state index in [4.69, 9.17) is 14.9 Å². The summed E-state index contributed by atoms with van der Waals surface area (Å²) in [6.45, 7) is -0.449. The summed E-state index contributed by atoms with van der Waals surface area (Å²) in [4.78, 5) is 0. The van der Waals surface area contributed by atoms with E-state index in [-0.39, 0.29) is 0 Å². The van der Waals surface area contributed by atoms with E-state index >= 15 is 0 Å². The number of ether oxygens (including phenoxy) is 1. The SMILES string of the molecule is OC[C@H]1O[C@H](O)C(S)[C@@H](O)[C@H]1O. The van der Waals surface area contributed by atoms with Crippen LogP contribution in [0.25, 0.3) is 0 Å². The van der Waals surface area contributed by atoms with E-state index in [1.807, 2.05) is 0 Å². The van der Waals surface area contributed by atoms with Gasteiger partial charge in [0.1, 0.15) is 12.2 Å². The Morgan fingerprint density at radius 1 is 1.17 bits per heavy atom. The van der Waals surface area contributed by atoms with Gasteiger partial charge in [-0.3, -0.25) is 0 Å². The number of rotatable bonds is 1. The maximum absolute atomic E-state index is 9.24. The van der Waals surface area contributed by atoms with Crippen LogP contribution in [-0.2, 0) is 4.74 Å². The van der Waals surface area contributed by atoms with Crippen LogP contribution in [-0.4, -0.2) is 56.9 Å². The molecule has 1 aliphatic heterocycles. The van der Waals surface area contributed by atoms with Gasteiger partial charge in [-0.05, 0) is 0 Å². The lowest BCUT2D eigenvalue weighted by Gasteiger charge is -2.37. The summed E-state index contributed by atoms with van der Waals surface area (Å²) < 4.78 is 4.75. The molecular formula is C6H12O5S. The van der Waals surface area contributed by atoms with E-state index < -0.39 is 36.5 Å². The Labute approximate surface area is 75.0 Å². The van der Waals surface area contributed by atoms with Gasteiger partial charge in [-0.25, -0.2) is 0 Å². The maximum atomic E-state index is 9.24. The Hall–Kier alpha value is 0.150. The summed E-state index contributed by atoms with van der Waals surface area (Å²) in [5.41, 5.74) is 0. The molecule has 1 rings (SSSR count). The second kappa shape index (κ2) is 3.91. The Morgan fingerprint density at radius 3 is 2.25 bits per heavy atom. The molecule has 1 saturated heterocycles. The van der Waals surface area contributed by atoms with Crippen molar-refractivity contribution >= 4 is 12.6 Å². The molecule has 0 radical (unpaired) electrons. The lowest BCUT2D eigenvalue weighted by Crippen LogP contribution is -2.56. The standard InChI is InChI=1S/C6H12O5S/c7-1-2-3(8)4(9)5(12)6(10)11-2/h2-10,12H,1H2/t2-,3+,4+,5?,6+/m1/s1. The van der Waals surface area contributed by atoms with Crippen LogP contribution in [0.15, 0.2) is 0 Å². The molecule has 0 aliphatic carbocycles. The van der Waals surface area contributed by atoms with Crippen molar-refractivity contribution in [1.82, 2.24) is 0 Å². The van der Waals surface area contributed by atoms with Crippen molar-refractivity contribution in [2.45, 2.75) is 29.9 Å². The second-order valence-electron chi connectivity index (χ2n) is 2.72. The first-order chi connectivity index (χ1) is 5.57. The highest BCUT2D eigenvalue weighted by Crippen LogP contribution is 2.22. The van der Waals surface area contributed by atoms with Crippen LogP contribution in [0.2, 0.25) is 0 Å². The van der Waals surface area contributed by atoms with Crippen LogP contribution in [0.4, 0.5) is 0 Å². The van der Waals surface area contributed by atoms with Crippen LogP contribution in [0.5, 0.6) is 0 Å². The van der Waals surface area contributed by atoms with Crippen LogP contribution in [0.3, 0.4) is 0 Å². The molecule has 1 heterocycles. The first-order valence-corrected chi connectivity index (χ1v) is 4.08. The molecule has 5 nitrogen and oxygen atoms in total. The van der Waals surface area contributed by atoms with Gasteiger partial charge in [0, 0.05) is 0 Å². The number of aliphatic hydroxyl groups excluding tert-OH is 4. The third kappa shape index (κ3) is 1.73. The van der Waals surface area contributed by atoms with Gasteiger partial charge >= 0.3 is 0 Å². The minimum absolute atomic E-state index is 0.449. The van der Waals surface area contributed by atoms with Crippen LogP contribution < -0.4 is 0 Å². The molecule has 12 heavy (non-hydrogen) atoms. The summed E-state index contributed by atoms with van der Waals surface area (Å²) >= 11 is 3.82. The predicted octanol–water partition coefficient (Wildman–Crippen LogP) is -2.28. The molecule has 72 valence electrons. The Balaban J connectivity index is 2.63. The molecule has 0 aromatic rings. The third-order valence-electron chi connectivity index (χ3n) is 1.87. The van der Waals surface area contributed by atoms with Gasteiger partial charge in [0.2, 0.25) is 0 Å². The lowest BCUT2D eigenvalue weighted by atomic mass is 10.0. The molecule has 5 atom stereocenters. The summed E-state index contributed by atoms with van der Waals surface area (Å²) in [7, 11) is 0. The van der Waals surface area contributed by atoms with Crippen molar-refractivity contribution in [3.63, 3.8) is 0 Å². The van der Waals surface area contributed by atoms with Gasteiger partial charge in [-0.15, -0.1) is 0 Å². The fraction of sp³-hybridized carbons (Fsp3) is 1.00.